The fraction of sp³-hybridized carbons (Fsp3) is 0.455. The molecule has 1 aromatic carbocycles. The summed E-state index contributed by atoms with van der Waals surface area (Å²) in [4.78, 5) is 2.29. The number of hydrogen-bond acceptors (Lipinski definition) is 1. The van der Waals surface area contributed by atoms with Crippen LogP contribution in [-0.4, -0.2) is 29.7 Å². The second kappa shape index (κ2) is 8.99. The van der Waals surface area contributed by atoms with Gasteiger partial charge in [0.2, 0.25) is 0 Å². The molecule has 0 atom stereocenters. The number of rotatable bonds is 6. The van der Waals surface area contributed by atoms with E-state index < -0.39 is 0 Å². The maximum absolute atomic E-state index is 5.80. The molecule has 0 unspecified atom stereocenters. The van der Waals surface area contributed by atoms with E-state index in [0.29, 0.717) is 11.8 Å². The van der Waals surface area contributed by atoms with Crippen molar-refractivity contribution in [3.05, 3.63) is 28.4 Å². The lowest BCUT2D eigenvalue weighted by atomic mass is 10.2. The second-order valence-electron chi connectivity index (χ2n) is 3.53. The Balaban J connectivity index is 2.78. The first kappa shape index (κ1) is 17.0. The van der Waals surface area contributed by atoms with Gasteiger partial charge in [0.1, 0.15) is 0 Å². The van der Waals surface area contributed by atoms with Gasteiger partial charge in [-0.25, -0.2) is 0 Å². The Morgan fingerprint density at radius 1 is 0.941 bits per heavy atom. The van der Waals surface area contributed by atoms with Crippen molar-refractivity contribution in [1.29, 1.82) is 0 Å². The highest BCUT2D eigenvalue weighted by Gasteiger charge is 2.08. The first-order chi connectivity index (χ1) is 8.08. The third kappa shape index (κ3) is 5.85. The maximum Gasteiger partial charge on any atom is 0.0397 e. The molecule has 0 radical (unpaired) electrons. The number of nitrogens with zero attached hydrogens (tertiary/aromatic N) is 1. The highest BCUT2D eigenvalue weighted by molar-refractivity contribution is 14.1. The molecule has 17 heavy (non-hydrogen) atoms. The molecule has 0 fully saturated rings. The van der Waals surface area contributed by atoms with Crippen molar-refractivity contribution in [3.63, 3.8) is 0 Å². The van der Waals surface area contributed by atoms with Gasteiger partial charge in [0.25, 0.3) is 0 Å². The molecule has 1 rings (SSSR count). The van der Waals surface area contributed by atoms with Crippen molar-refractivity contribution in [2.45, 2.75) is 6.54 Å². The predicted octanol–water partition coefficient (Wildman–Crippen LogP) is 4.78. The zero-order valence-electron chi connectivity index (χ0n) is 9.03. The van der Waals surface area contributed by atoms with Gasteiger partial charge in [-0.15, -0.1) is 23.2 Å². The molecule has 6 heteroatoms. The topological polar surface area (TPSA) is 3.24 Å². The predicted molar refractivity (Wildman–Crippen MR) is 101 cm³/mol. The summed E-state index contributed by atoms with van der Waals surface area (Å²) in [5, 5.41) is 0. The van der Waals surface area contributed by atoms with E-state index in [-0.39, 0.29) is 0 Å². The van der Waals surface area contributed by atoms with Gasteiger partial charge >= 0.3 is 0 Å². The molecule has 96 valence electrons. The summed E-state index contributed by atoms with van der Waals surface area (Å²) in [6, 6.07) is 4.47. The molecule has 0 aliphatic rings. The van der Waals surface area contributed by atoms with Crippen LogP contribution < -0.4 is 0 Å². The third-order valence-corrected chi connectivity index (χ3v) is 7.52. The smallest absolute Gasteiger partial charge is 0.0397 e. The van der Waals surface area contributed by atoms with Gasteiger partial charge in [-0.3, -0.25) is 4.90 Å². The molecule has 0 saturated heterocycles. The molecule has 0 aliphatic heterocycles. The SMILES string of the molecule is ClCCN(CCCl)Cc1cc(I)c(I)c(I)c1. The van der Waals surface area contributed by atoms with Crippen LogP contribution in [0.25, 0.3) is 0 Å². The third-order valence-electron chi connectivity index (χ3n) is 2.25. The Bertz CT molecular complexity index is 345. The lowest BCUT2D eigenvalue weighted by molar-refractivity contribution is 0.299. The van der Waals surface area contributed by atoms with Gasteiger partial charge in [-0.05, 0) is 85.5 Å². The Morgan fingerprint density at radius 2 is 1.41 bits per heavy atom. The lowest BCUT2D eigenvalue weighted by Crippen LogP contribution is -2.27. The summed E-state index contributed by atoms with van der Waals surface area (Å²) in [7, 11) is 0. The Labute approximate surface area is 153 Å². The van der Waals surface area contributed by atoms with Crippen molar-refractivity contribution in [3.8, 4) is 0 Å². The van der Waals surface area contributed by atoms with E-state index in [0.717, 1.165) is 19.6 Å². The molecule has 0 N–H and O–H groups in total. The molecule has 0 aromatic heterocycles. The molecule has 1 aromatic rings. The van der Waals surface area contributed by atoms with Crippen LogP contribution in [0.15, 0.2) is 12.1 Å². The zero-order valence-corrected chi connectivity index (χ0v) is 17.0. The van der Waals surface area contributed by atoms with E-state index in [1.807, 2.05) is 0 Å². The highest BCUT2D eigenvalue weighted by Crippen LogP contribution is 2.23. The summed E-state index contributed by atoms with van der Waals surface area (Å²) in [6.45, 7) is 2.68. The fourth-order valence-corrected chi connectivity index (χ4v) is 4.15. The van der Waals surface area contributed by atoms with Crippen molar-refractivity contribution < 1.29 is 0 Å². The van der Waals surface area contributed by atoms with Gasteiger partial charge in [-0.1, -0.05) is 0 Å². The Morgan fingerprint density at radius 3 is 1.82 bits per heavy atom. The van der Waals surface area contributed by atoms with Crippen LogP contribution in [0.4, 0.5) is 0 Å². The van der Waals surface area contributed by atoms with Gasteiger partial charge in [0, 0.05) is 42.1 Å². The summed E-state index contributed by atoms with van der Waals surface area (Å²) >= 11 is 18.7. The standard InChI is InChI=1S/C11H12Cl2I3N/c12-1-3-17(4-2-13)7-8-5-9(14)11(16)10(15)6-8/h5-6H,1-4,7H2. The van der Waals surface area contributed by atoms with Gasteiger partial charge in [-0.2, -0.15) is 0 Å². The molecular weight excluding hydrogens is 598 g/mol. The van der Waals surface area contributed by atoms with Crippen LogP contribution in [0.3, 0.4) is 0 Å². The first-order valence-corrected chi connectivity index (χ1v) is 9.36. The van der Waals surface area contributed by atoms with Gasteiger partial charge in [0.15, 0.2) is 0 Å². The lowest BCUT2D eigenvalue weighted by Gasteiger charge is -2.20. The van der Waals surface area contributed by atoms with Crippen molar-refractivity contribution in [2.75, 3.05) is 24.8 Å². The van der Waals surface area contributed by atoms with Crippen LogP contribution in [0.1, 0.15) is 5.56 Å². The summed E-state index contributed by atoms with van der Waals surface area (Å²) in [6.07, 6.45) is 0. The van der Waals surface area contributed by atoms with Crippen LogP contribution in [-0.2, 0) is 6.54 Å². The average molecular weight is 610 g/mol. The molecule has 0 saturated carbocycles. The van der Waals surface area contributed by atoms with Gasteiger partial charge in [0.05, 0.1) is 0 Å². The van der Waals surface area contributed by atoms with Crippen molar-refractivity contribution in [2.24, 2.45) is 0 Å². The van der Waals surface area contributed by atoms with Crippen LogP contribution in [0.5, 0.6) is 0 Å². The van der Waals surface area contributed by atoms with Crippen LogP contribution in [0.2, 0.25) is 0 Å². The molecule has 1 nitrogen and oxygen atoms in total. The second-order valence-corrected chi connectivity index (χ2v) is 7.69. The summed E-state index contributed by atoms with van der Waals surface area (Å²) < 4.78 is 3.94. The quantitative estimate of drug-likeness (QED) is 0.255. The summed E-state index contributed by atoms with van der Waals surface area (Å²) in [5.41, 5.74) is 1.33. The number of halogens is 5. The Hall–Kier alpha value is 1.95. The first-order valence-electron chi connectivity index (χ1n) is 5.06. The summed E-state index contributed by atoms with van der Waals surface area (Å²) in [5.74, 6) is 1.30. The van der Waals surface area contributed by atoms with E-state index in [9.17, 15) is 0 Å². The Kier molecular flexibility index (Phi) is 8.99. The number of hydrogen-bond donors (Lipinski definition) is 0. The fourth-order valence-electron chi connectivity index (χ4n) is 1.47. The molecule has 0 spiro atoms. The van der Waals surface area contributed by atoms with Crippen LogP contribution in [0, 0.1) is 10.7 Å². The molecular formula is C11H12Cl2I3N. The van der Waals surface area contributed by atoms with E-state index >= 15 is 0 Å². The van der Waals surface area contributed by atoms with Crippen LogP contribution >= 0.6 is 91.0 Å². The monoisotopic (exact) mass is 609 g/mol. The average Bonchev–Trinajstić information content (AvgIpc) is 2.26. The molecule has 0 amide bonds. The maximum atomic E-state index is 5.80. The minimum atomic E-state index is 0.648. The largest absolute Gasteiger partial charge is 0.297 e. The zero-order chi connectivity index (χ0) is 12.8. The highest BCUT2D eigenvalue weighted by atomic mass is 127. The van der Waals surface area contributed by atoms with Crippen molar-refractivity contribution in [1.82, 2.24) is 4.90 Å². The molecule has 0 bridgehead atoms. The van der Waals surface area contributed by atoms with E-state index in [1.54, 1.807) is 0 Å². The van der Waals surface area contributed by atoms with E-state index in [4.69, 9.17) is 23.2 Å². The number of benzene rings is 1. The minimum absolute atomic E-state index is 0.648. The molecule has 0 aliphatic carbocycles. The van der Waals surface area contributed by atoms with E-state index in [2.05, 4.69) is 84.8 Å². The van der Waals surface area contributed by atoms with Gasteiger partial charge < -0.3 is 0 Å². The number of alkyl halides is 2. The van der Waals surface area contributed by atoms with Crippen molar-refractivity contribution >= 4 is 91.0 Å². The minimum Gasteiger partial charge on any atom is -0.297 e. The normalized spacial score (nSPS) is 11.2. The van der Waals surface area contributed by atoms with E-state index in [1.165, 1.54) is 16.3 Å². The molecule has 0 heterocycles.